The largest absolute Gasteiger partial charge is 0.341 e. The molecule has 2 bridgehead atoms. The van der Waals surface area contributed by atoms with Crippen molar-refractivity contribution in [2.24, 2.45) is 22.7 Å². The van der Waals surface area contributed by atoms with E-state index in [1.807, 2.05) is 60.4 Å². The van der Waals surface area contributed by atoms with Crippen LogP contribution < -0.4 is 15.5 Å². The number of fused-ring (bicyclic) bond motifs is 5. The molecule has 2 saturated carbocycles. The average Bonchev–Trinajstić information content (AvgIpc) is 3.37. The van der Waals surface area contributed by atoms with Gasteiger partial charge >= 0.3 is 6.03 Å². The molecule has 222 valence electrons. The number of benzodiazepines with no additional fused rings is 1. The van der Waals surface area contributed by atoms with E-state index in [1.165, 1.54) is 44.9 Å². The molecule has 0 spiro atoms. The second-order valence-electron chi connectivity index (χ2n) is 12.8. The number of anilines is 2. The number of urea groups is 1. The monoisotopic (exact) mass is 569 g/mol. The molecule has 2 aromatic carbocycles. The third-order valence-electron chi connectivity index (χ3n) is 9.61. The van der Waals surface area contributed by atoms with Crippen LogP contribution in [0.5, 0.6) is 0 Å². The van der Waals surface area contributed by atoms with E-state index in [0.29, 0.717) is 29.1 Å². The van der Waals surface area contributed by atoms with Crippen LogP contribution in [0, 0.1) is 24.7 Å². The van der Waals surface area contributed by atoms with Crippen molar-refractivity contribution >= 4 is 34.9 Å². The zero-order valence-corrected chi connectivity index (χ0v) is 24.7. The molecule has 5 aliphatic rings. The summed E-state index contributed by atoms with van der Waals surface area (Å²) in [5, 5.41) is 5.70. The van der Waals surface area contributed by atoms with Crippen LogP contribution in [0.4, 0.5) is 16.2 Å². The third kappa shape index (κ3) is 6.53. The number of rotatable bonds is 6. The number of aliphatic imine (C=N–C) groups is 1. The summed E-state index contributed by atoms with van der Waals surface area (Å²) in [5.41, 5.74) is 4.07. The molecule has 1 unspecified atom stereocenters. The number of benzene rings is 2. The number of hydrogen-bond donors (Lipinski definition) is 2. The van der Waals surface area contributed by atoms with Gasteiger partial charge in [0.15, 0.2) is 0 Å². The Bertz CT molecular complexity index is 1330. The fraction of sp³-hybridized carbons (Fsp3) is 0.529. The zero-order chi connectivity index (χ0) is 29.1. The van der Waals surface area contributed by atoms with Crippen molar-refractivity contribution in [2.45, 2.75) is 77.3 Å². The van der Waals surface area contributed by atoms with Crippen LogP contribution in [0.15, 0.2) is 53.5 Å². The lowest BCUT2D eigenvalue weighted by Gasteiger charge is -2.29. The van der Waals surface area contributed by atoms with Gasteiger partial charge in [0.25, 0.3) is 5.91 Å². The third-order valence-corrected chi connectivity index (χ3v) is 9.61. The van der Waals surface area contributed by atoms with Gasteiger partial charge in [0, 0.05) is 30.1 Å². The number of nitrogens with zero attached hydrogens (tertiary/aromatic N) is 3. The van der Waals surface area contributed by atoms with Crippen molar-refractivity contribution in [3.63, 3.8) is 0 Å². The highest BCUT2D eigenvalue weighted by atomic mass is 16.2. The fourth-order valence-electron chi connectivity index (χ4n) is 7.33. The second kappa shape index (κ2) is 12.7. The van der Waals surface area contributed by atoms with Crippen molar-refractivity contribution in [1.29, 1.82) is 0 Å². The van der Waals surface area contributed by atoms with Gasteiger partial charge in [-0.1, -0.05) is 62.4 Å². The lowest BCUT2D eigenvalue weighted by Crippen LogP contribution is -2.51. The van der Waals surface area contributed by atoms with E-state index < -0.39 is 12.2 Å². The van der Waals surface area contributed by atoms with Crippen molar-refractivity contribution < 1.29 is 14.4 Å². The molecule has 2 saturated heterocycles. The number of aryl methyl sites for hydroxylation is 1. The molecule has 42 heavy (non-hydrogen) atoms. The van der Waals surface area contributed by atoms with Crippen molar-refractivity contribution in [2.75, 3.05) is 29.9 Å². The zero-order valence-electron chi connectivity index (χ0n) is 24.7. The van der Waals surface area contributed by atoms with Crippen LogP contribution in [0.25, 0.3) is 0 Å². The highest BCUT2D eigenvalue weighted by Crippen LogP contribution is 2.35. The number of amides is 4. The molecular formula is C34H43N5O3. The minimum atomic E-state index is -1.13. The summed E-state index contributed by atoms with van der Waals surface area (Å²) < 4.78 is 0. The van der Waals surface area contributed by atoms with Crippen LogP contribution in [0.1, 0.15) is 75.3 Å². The SMILES string of the molecule is Cc1cccc(NC(=O)NC2N=C(CC3CCCCC3)c3ccccc3N(CC(=O)N3CC4CCC(CC4)C3)C2=O)c1. The summed E-state index contributed by atoms with van der Waals surface area (Å²) in [6, 6.07) is 14.8. The van der Waals surface area contributed by atoms with Gasteiger partial charge in [0.05, 0.1) is 5.69 Å². The smallest absolute Gasteiger partial charge is 0.321 e. The van der Waals surface area contributed by atoms with Gasteiger partial charge in [-0.15, -0.1) is 0 Å². The van der Waals surface area contributed by atoms with Gasteiger partial charge in [0.2, 0.25) is 12.1 Å². The van der Waals surface area contributed by atoms with E-state index in [1.54, 1.807) is 4.90 Å². The molecule has 7 rings (SSSR count). The topological polar surface area (TPSA) is 94.1 Å². The predicted molar refractivity (Wildman–Crippen MR) is 166 cm³/mol. The molecule has 2 N–H and O–H groups in total. The maximum Gasteiger partial charge on any atom is 0.321 e. The maximum atomic E-state index is 14.2. The first-order valence-electron chi connectivity index (χ1n) is 15.8. The highest BCUT2D eigenvalue weighted by molar-refractivity contribution is 6.14. The van der Waals surface area contributed by atoms with Crippen molar-refractivity contribution in [3.05, 3.63) is 59.7 Å². The Morgan fingerprint density at radius 3 is 2.33 bits per heavy atom. The number of para-hydroxylation sites is 1. The van der Waals surface area contributed by atoms with Gasteiger partial charge in [-0.2, -0.15) is 0 Å². The van der Waals surface area contributed by atoms with Crippen LogP contribution in [-0.4, -0.2) is 54.3 Å². The van der Waals surface area contributed by atoms with E-state index in [-0.39, 0.29) is 18.4 Å². The maximum absolute atomic E-state index is 14.2. The Morgan fingerprint density at radius 2 is 1.62 bits per heavy atom. The molecular weight excluding hydrogens is 526 g/mol. The number of hydrogen-bond acceptors (Lipinski definition) is 4. The molecule has 4 fully saturated rings. The van der Waals surface area contributed by atoms with Crippen LogP contribution in [-0.2, 0) is 9.59 Å². The van der Waals surface area contributed by atoms with Crippen molar-refractivity contribution in [3.8, 4) is 0 Å². The number of carbonyl (C=O) groups is 3. The lowest BCUT2D eigenvalue weighted by molar-refractivity contribution is -0.132. The molecule has 2 aromatic rings. The average molecular weight is 570 g/mol. The molecule has 8 heteroatoms. The Morgan fingerprint density at radius 1 is 0.905 bits per heavy atom. The molecule has 2 aliphatic carbocycles. The van der Waals surface area contributed by atoms with E-state index in [2.05, 4.69) is 10.6 Å². The van der Waals surface area contributed by atoms with E-state index in [4.69, 9.17) is 4.99 Å². The van der Waals surface area contributed by atoms with Gasteiger partial charge in [0.1, 0.15) is 6.54 Å². The summed E-state index contributed by atoms with van der Waals surface area (Å²) in [7, 11) is 0. The summed E-state index contributed by atoms with van der Waals surface area (Å²) in [6.07, 6.45) is 10.3. The van der Waals surface area contributed by atoms with Crippen LogP contribution >= 0.6 is 0 Å². The Labute approximate surface area is 248 Å². The van der Waals surface area contributed by atoms with E-state index in [9.17, 15) is 14.4 Å². The quantitative estimate of drug-likeness (QED) is 0.454. The summed E-state index contributed by atoms with van der Waals surface area (Å²) in [4.78, 5) is 49.7. The number of nitrogens with one attached hydrogen (secondary N) is 2. The first-order valence-corrected chi connectivity index (χ1v) is 15.8. The van der Waals surface area contributed by atoms with Crippen molar-refractivity contribution in [1.82, 2.24) is 10.2 Å². The minimum Gasteiger partial charge on any atom is -0.341 e. The van der Waals surface area contributed by atoms with Gasteiger partial charge in [-0.05, 0) is 80.5 Å². The van der Waals surface area contributed by atoms with Gasteiger partial charge in [-0.3, -0.25) is 19.5 Å². The molecule has 4 amide bonds. The Kier molecular flexibility index (Phi) is 8.58. The van der Waals surface area contributed by atoms with Crippen LogP contribution in [0.3, 0.4) is 0 Å². The standard InChI is InChI=1S/C34H43N5O3/c1-23-8-7-11-27(18-23)35-34(42)37-32-33(41)39(22-31(40)38-20-25-14-15-26(21-38)17-16-25)30-13-6-5-12-28(30)29(36-32)19-24-9-3-2-4-10-24/h5-8,11-13,18,24-26,32H,2-4,9-10,14-17,19-22H2,1H3,(H2,35,37,42). The normalized spacial score (nSPS) is 24.4. The van der Waals surface area contributed by atoms with Crippen LogP contribution in [0.2, 0.25) is 0 Å². The molecule has 3 heterocycles. The molecule has 0 aromatic heterocycles. The van der Waals surface area contributed by atoms with Gasteiger partial charge < -0.3 is 15.5 Å². The van der Waals surface area contributed by atoms with E-state index >= 15 is 0 Å². The second-order valence-corrected chi connectivity index (χ2v) is 12.8. The Balaban J connectivity index is 1.29. The van der Waals surface area contributed by atoms with E-state index in [0.717, 1.165) is 49.2 Å². The predicted octanol–water partition coefficient (Wildman–Crippen LogP) is 5.90. The first-order chi connectivity index (χ1) is 20.4. The number of carbonyl (C=O) groups excluding carboxylic acids is 3. The summed E-state index contributed by atoms with van der Waals surface area (Å²) in [6.45, 7) is 3.44. The molecule has 8 nitrogen and oxygen atoms in total. The van der Waals surface area contributed by atoms with Gasteiger partial charge in [-0.25, -0.2) is 4.79 Å². The first kappa shape index (κ1) is 28.4. The minimum absolute atomic E-state index is 0.0318. The fourth-order valence-corrected chi connectivity index (χ4v) is 7.33. The molecule has 3 aliphatic heterocycles. The highest BCUT2D eigenvalue weighted by Gasteiger charge is 2.37. The lowest BCUT2D eigenvalue weighted by atomic mass is 9.84. The molecule has 1 atom stereocenters. The molecule has 0 radical (unpaired) electrons. The Hall–Kier alpha value is -3.68. The summed E-state index contributed by atoms with van der Waals surface area (Å²) in [5.74, 6) is 1.17. The summed E-state index contributed by atoms with van der Waals surface area (Å²) >= 11 is 0.